The van der Waals surface area contributed by atoms with E-state index in [2.05, 4.69) is 28.4 Å². The van der Waals surface area contributed by atoms with Gasteiger partial charge in [-0.1, -0.05) is 0 Å². The molecule has 14 heavy (non-hydrogen) atoms. The Morgan fingerprint density at radius 3 is 2.86 bits per heavy atom. The highest BCUT2D eigenvalue weighted by molar-refractivity contribution is 5.74. The third kappa shape index (κ3) is 1.28. The van der Waals surface area contributed by atoms with Gasteiger partial charge in [0.25, 0.3) is 0 Å². The minimum Gasteiger partial charge on any atom is -0.326 e. The number of hydrogen-bond acceptors (Lipinski definition) is 3. The Bertz CT molecular complexity index is 444. The molecule has 0 radical (unpaired) electrons. The van der Waals surface area contributed by atoms with Crippen molar-refractivity contribution < 1.29 is 0 Å². The van der Waals surface area contributed by atoms with Gasteiger partial charge < -0.3 is 10.3 Å². The maximum Gasteiger partial charge on any atom is 0.160 e. The van der Waals surface area contributed by atoms with E-state index in [-0.39, 0.29) is 0 Å². The van der Waals surface area contributed by atoms with Crippen LogP contribution in [0.5, 0.6) is 0 Å². The molecule has 0 saturated heterocycles. The number of imidazole rings is 1. The van der Waals surface area contributed by atoms with E-state index in [0.29, 0.717) is 12.6 Å². The molecule has 0 spiro atoms. The van der Waals surface area contributed by atoms with Crippen molar-refractivity contribution in [2.45, 2.75) is 26.4 Å². The van der Waals surface area contributed by atoms with Gasteiger partial charge >= 0.3 is 0 Å². The van der Waals surface area contributed by atoms with Crippen LogP contribution in [-0.2, 0) is 6.54 Å². The van der Waals surface area contributed by atoms with E-state index >= 15 is 0 Å². The maximum atomic E-state index is 5.62. The number of nitrogens with zero attached hydrogens (tertiary/aromatic N) is 3. The number of nitrogens with two attached hydrogens (primary N) is 1. The summed E-state index contributed by atoms with van der Waals surface area (Å²) in [5.41, 5.74) is 8.51. The molecule has 4 nitrogen and oxygen atoms in total. The van der Waals surface area contributed by atoms with Crippen LogP contribution in [0.25, 0.3) is 11.2 Å². The van der Waals surface area contributed by atoms with Gasteiger partial charge in [-0.3, -0.25) is 0 Å². The average molecular weight is 190 g/mol. The Balaban J connectivity index is 2.69. The lowest BCUT2D eigenvalue weighted by Gasteiger charge is -2.06. The quantitative estimate of drug-likeness (QED) is 0.780. The van der Waals surface area contributed by atoms with Crippen molar-refractivity contribution in [1.29, 1.82) is 0 Å². The maximum absolute atomic E-state index is 5.62. The van der Waals surface area contributed by atoms with Gasteiger partial charge in [-0.25, -0.2) is 9.97 Å². The smallest absolute Gasteiger partial charge is 0.160 e. The second kappa shape index (κ2) is 3.38. The number of pyridine rings is 1. The summed E-state index contributed by atoms with van der Waals surface area (Å²) in [6.45, 7) is 4.73. The van der Waals surface area contributed by atoms with Gasteiger partial charge in [-0.15, -0.1) is 0 Å². The third-order valence-electron chi connectivity index (χ3n) is 2.32. The molecule has 0 aliphatic rings. The van der Waals surface area contributed by atoms with E-state index in [1.54, 1.807) is 6.20 Å². The van der Waals surface area contributed by atoms with Gasteiger partial charge in [0, 0.05) is 18.8 Å². The second-order valence-corrected chi connectivity index (χ2v) is 3.59. The summed E-state index contributed by atoms with van der Waals surface area (Å²) in [6, 6.07) is 2.29. The van der Waals surface area contributed by atoms with E-state index < -0.39 is 0 Å². The first kappa shape index (κ1) is 9.15. The fourth-order valence-corrected chi connectivity index (χ4v) is 1.53. The van der Waals surface area contributed by atoms with Crippen molar-refractivity contribution >= 4 is 11.2 Å². The third-order valence-corrected chi connectivity index (χ3v) is 2.32. The Morgan fingerprint density at radius 2 is 2.21 bits per heavy atom. The average Bonchev–Trinajstić information content (AvgIpc) is 2.60. The molecular weight excluding hydrogens is 176 g/mol. The van der Waals surface area contributed by atoms with Gasteiger partial charge in [0.2, 0.25) is 0 Å². The molecular formula is C10H14N4. The second-order valence-electron chi connectivity index (χ2n) is 3.59. The van der Waals surface area contributed by atoms with E-state index in [4.69, 9.17) is 5.73 Å². The molecule has 0 atom stereocenters. The molecule has 74 valence electrons. The monoisotopic (exact) mass is 190 g/mol. The van der Waals surface area contributed by atoms with Crippen molar-refractivity contribution in [1.82, 2.24) is 14.5 Å². The van der Waals surface area contributed by atoms with Gasteiger partial charge in [0.05, 0.1) is 6.33 Å². The molecule has 0 fully saturated rings. The number of rotatable bonds is 2. The Morgan fingerprint density at radius 1 is 1.43 bits per heavy atom. The van der Waals surface area contributed by atoms with E-state index in [0.717, 1.165) is 16.7 Å². The molecule has 0 aromatic carbocycles. The van der Waals surface area contributed by atoms with E-state index in [1.807, 2.05) is 12.4 Å². The molecule has 4 heteroatoms. The fraction of sp³-hybridized carbons (Fsp3) is 0.400. The van der Waals surface area contributed by atoms with Crippen molar-refractivity contribution in [3.05, 3.63) is 24.2 Å². The number of hydrogen-bond donors (Lipinski definition) is 1. The van der Waals surface area contributed by atoms with Crippen LogP contribution in [0.4, 0.5) is 0 Å². The van der Waals surface area contributed by atoms with Crippen LogP contribution >= 0.6 is 0 Å². The lowest BCUT2D eigenvalue weighted by Crippen LogP contribution is -2.01. The highest BCUT2D eigenvalue weighted by Crippen LogP contribution is 2.17. The first-order valence-corrected chi connectivity index (χ1v) is 4.74. The van der Waals surface area contributed by atoms with Crippen molar-refractivity contribution in [2.75, 3.05) is 0 Å². The van der Waals surface area contributed by atoms with Crippen LogP contribution in [0, 0.1) is 0 Å². The summed E-state index contributed by atoms with van der Waals surface area (Å²) < 4.78 is 2.05. The van der Waals surface area contributed by atoms with Gasteiger partial charge in [-0.05, 0) is 25.5 Å². The summed E-state index contributed by atoms with van der Waals surface area (Å²) in [5.74, 6) is 0. The van der Waals surface area contributed by atoms with Crippen LogP contribution in [0.2, 0.25) is 0 Å². The molecule has 2 heterocycles. The van der Waals surface area contributed by atoms with Crippen molar-refractivity contribution in [3.63, 3.8) is 0 Å². The first-order chi connectivity index (χ1) is 6.74. The lowest BCUT2D eigenvalue weighted by molar-refractivity contribution is 0.613. The summed E-state index contributed by atoms with van der Waals surface area (Å²) in [7, 11) is 0. The fourth-order valence-electron chi connectivity index (χ4n) is 1.53. The zero-order valence-corrected chi connectivity index (χ0v) is 8.44. The largest absolute Gasteiger partial charge is 0.326 e. The van der Waals surface area contributed by atoms with Gasteiger partial charge in [0.1, 0.15) is 5.52 Å². The highest BCUT2D eigenvalue weighted by atomic mass is 15.1. The summed E-state index contributed by atoms with van der Waals surface area (Å²) in [5, 5.41) is 0. The molecule has 0 amide bonds. The van der Waals surface area contributed by atoms with Crippen LogP contribution in [-0.4, -0.2) is 14.5 Å². The summed E-state index contributed by atoms with van der Waals surface area (Å²) in [4.78, 5) is 8.65. The van der Waals surface area contributed by atoms with Gasteiger partial charge in [0.15, 0.2) is 5.65 Å². The summed E-state index contributed by atoms with van der Waals surface area (Å²) >= 11 is 0. The van der Waals surface area contributed by atoms with Gasteiger partial charge in [-0.2, -0.15) is 0 Å². The Kier molecular flexibility index (Phi) is 2.21. The normalized spacial score (nSPS) is 11.4. The van der Waals surface area contributed by atoms with Crippen molar-refractivity contribution in [2.24, 2.45) is 5.73 Å². The highest BCUT2D eigenvalue weighted by Gasteiger charge is 2.08. The minimum absolute atomic E-state index is 0.375. The van der Waals surface area contributed by atoms with E-state index in [1.165, 1.54) is 0 Å². The molecule has 0 saturated carbocycles. The van der Waals surface area contributed by atoms with Crippen LogP contribution in [0.3, 0.4) is 0 Å². The number of aromatic nitrogens is 3. The van der Waals surface area contributed by atoms with E-state index in [9.17, 15) is 0 Å². The van der Waals surface area contributed by atoms with Crippen molar-refractivity contribution in [3.8, 4) is 0 Å². The molecule has 2 N–H and O–H groups in total. The van der Waals surface area contributed by atoms with Crippen LogP contribution < -0.4 is 5.73 Å². The molecule has 2 aromatic heterocycles. The lowest BCUT2D eigenvalue weighted by atomic mass is 10.2. The zero-order chi connectivity index (χ0) is 10.1. The topological polar surface area (TPSA) is 56.7 Å². The predicted octanol–water partition coefficient (Wildman–Crippen LogP) is 1.47. The molecule has 0 aliphatic carbocycles. The summed E-state index contributed by atoms with van der Waals surface area (Å²) in [6.07, 6.45) is 3.60. The van der Waals surface area contributed by atoms with Crippen LogP contribution in [0.15, 0.2) is 18.6 Å². The standard InChI is InChI=1S/C10H14N4/c1-7(2)14-6-13-9-8(5-11)3-4-12-10(9)14/h3-4,6-7H,5,11H2,1-2H3. The molecule has 0 unspecified atom stereocenters. The molecule has 0 aliphatic heterocycles. The number of fused-ring (bicyclic) bond motifs is 1. The Labute approximate surface area is 82.8 Å². The molecule has 2 rings (SSSR count). The Hall–Kier alpha value is -1.42. The molecule has 2 aromatic rings. The predicted molar refractivity (Wildman–Crippen MR) is 55.8 cm³/mol. The SMILES string of the molecule is CC(C)n1cnc2c(CN)ccnc21. The minimum atomic E-state index is 0.375. The van der Waals surface area contributed by atoms with Crippen LogP contribution in [0.1, 0.15) is 25.5 Å². The molecule has 0 bridgehead atoms. The zero-order valence-electron chi connectivity index (χ0n) is 8.44. The first-order valence-electron chi connectivity index (χ1n) is 4.74.